The number of methoxy groups -OCH3 is 1. The predicted molar refractivity (Wildman–Crippen MR) is 102 cm³/mol. The van der Waals surface area contributed by atoms with Gasteiger partial charge in [0.25, 0.3) is 5.91 Å². The van der Waals surface area contributed by atoms with E-state index < -0.39 is 27.3 Å². The van der Waals surface area contributed by atoms with Gasteiger partial charge in [-0.3, -0.25) is 4.79 Å². The SMILES string of the molecule is COc1ccc(C(=O)Nc2ccc(C)c(F)c2)cc1S(=O)(=O)NC(C)(C)C. The molecule has 27 heavy (non-hydrogen) atoms. The van der Waals surface area contributed by atoms with E-state index in [1.807, 2.05) is 0 Å². The maximum atomic E-state index is 13.7. The van der Waals surface area contributed by atoms with Gasteiger partial charge in [-0.1, -0.05) is 6.07 Å². The van der Waals surface area contributed by atoms with E-state index in [0.29, 0.717) is 5.56 Å². The van der Waals surface area contributed by atoms with Crippen molar-refractivity contribution in [2.45, 2.75) is 38.1 Å². The lowest BCUT2D eigenvalue weighted by Crippen LogP contribution is -2.40. The summed E-state index contributed by atoms with van der Waals surface area (Å²) in [5.74, 6) is -0.891. The Morgan fingerprint density at radius 3 is 2.33 bits per heavy atom. The summed E-state index contributed by atoms with van der Waals surface area (Å²) in [7, 11) is -2.57. The molecule has 1 amide bonds. The molecule has 6 nitrogen and oxygen atoms in total. The van der Waals surface area contributed by atoms with Crippen molar-refractivity contribution < 1.29 is 22.3 Å². The highest BCUT2D eigenvalue weighted by molar-refractivity contribution is 7.89. The molecule has 0 bridgehead atoms. The number of ether oxygens (including phenoxy) is 1. The molecule has 0 heterocycles. The molecule has 0 aliphatic carbocycles. The van der Waals surface area contributed by atoms with Gasteiger partial charge in [-0.2, -0.15) is 0 Å². The summed E-state index contributed by atoms with van der Waals surface area (Å²) in [6, 6.07) is 8.39. The van der Waals surface area contributed by atoms with Crippen LogP contribution in [0.2, 0.25) is 0 Å². The number of rotatable bonds is 5. The smallest absolute Gasteiger partial charge is 0.255 e. The summed E-state index contributed by atoms with van der Waals surface area (Å²) < 4.78 is 46.6. The maximum Gasteiger partial charge on any atom is 0.255 e. The minimum absolute atomic E-state index is 0.103. The summed E-state index contributed by atoms with van der Waals surface area (Å²) in [6.45, 7) is 6.74. The van der Waals surface area contributed by atoms with Crippen LogP contribution in [0, 0.1) is 12.7 Å². The number of anilines is 1. The number of amides is 1. The van der Waals surface area contributed by atoms with Gasteiger partial charge >= 0.3 is 0 Å². The number of hydrogen-bond donors (Lipinski definition) is 2. The maximum absolute atomic E-state index is 13.7. The van der Waals surface area contributed by atoms with Crippen molar-refractivity contribution in [1.82, 2.24) is 4.72 Å². The van der Waals surface area contributed by atoms with Crippen LogP contribution in [0.4, 0.5) is 10.1 Å². The van der Waals surface area contributed by atoms with E-state index in [0.717, 1.165) is 0 Å². The Hall–Kier alpha value is -2.45. The summed E-state index contributed by atoms with van der Waals surface area (Å²) in [5.41, 5.74) is 0.128. The Bertz CT molecular complexity index is 966. The molecule has 0 atom stereocenters. The lowest BCUT2D eigenvalue weighted by Gasteiger charge is -2.21. The first-order valence-corrected chi connectivity index (χ1v) is 9.71. The van der Waals surface area contributed by atoms with E-state index in [-0.39, 0.29) is 21.9 Å². The van der Waals surface area contributed by atoms with Gasteiger partial charge in [0.1, 0.15) is 16.5 Å². The normalized spacial score (nSPS) is 11.9. The summed E-state index contributed by atoms with van der Waals surface area (Å²) >= 11 is 0. The molecule has 146 valence electrons. The average molecular weight is 394 g/mol. The van der Waals surface area contributed by atoms with Crippen molar-refractivity contribution in [3.63, 3.8) is 0 Å². The van der Waals surface area contributed by atoms with Gasteiger partial charge in [0.05, 0.1) is 7.11 Å². The van der Waals surface area contributed by atoms with E-state index in [1.54, 1.807) is 39.8 Å². The van der Waals surface area contributed by atoms with Crippen LogP contribution in [0.5, 0.6) is 5.75 Å². The van der Waals surface area contributed by atoms with Crippen LogP contribution in [0.3, 0.4) is 0 Å². The standard InChI is InChI=1S/C19H23FN2O4S/c1-12-6-8-14(11-15(12)20)21-18(23)13-7-9-16(26-5)17(10-13)27(24,25)22-19(2,3)4/h6-11,22H,1-5H3,(H,21,23). The Kier molecular flexibility index (Phi) is 5.91. The molecular weight excluding hydrogens is 371 g/mol. The van der Waals surface area contributed by atoms with Gasteiger partial charge in [0.2, 0.25) is 10.0 Å². The number of aryl methyl sites for hydroxylation is 1. The van der Waals surface area contributed by atoms with Crippen molar-refractivity contribution in [3.05, 3.63) is 53.3 Å². The van der Waals surface area contributed by atoms with Gasteiger partial charge < -0.3 is 10.1 Å². The van der Waals surface area contributed by atoms with E-state index in [9.17, 15) is 17.6 Å². The quantitative estimate of drug-likeness (QED) is 0.813. The molecule has 0 aliphatic heterocycles. The Morgan fingerprint density at radius 1 is 1.11 bits per heavy atom. The van der Waals surface area contributed by atoms with Crippen LogP contribution in [0.25, 0.3) is 0 Å². The largest absolute Gasteiger partial charge is 0.495 e. The van der Waals surface area contributed by atoms with E-state index >= 15 is 0 Å². The van der Waals surface area contributed by atoms with Crippen LogP contribution in [-0.4, -0.2) is 27.0 Å². The molecule has 0 aromatic heterocycles. The topological polar surface area (TPSA) is 84.5 Å². The van der Waals surface area contributed by atoms with Crippen molar-refractivity contribution in [3.8, 4) is 5.75 Å². The fraction of sp³-hybridized carbons (Fsp3) is 0.316. The average Bonchev–Trinajstić information content (AvgIpc) is 2.55. The number of carbonyl (C=O) groups excluding carboxylic acids is 1. The summed E-state index contributed by atoms with van der Waals surface area (Å²) in [5, 5.41) is 2.56. The van der Waals surface area contributed by atoms with Crippen LogP contribution in [0.1, 0.15) is 36.7 Å². The predicted octanol–water partition coefficient (Wildman–Crippen LogP) is 3.47. The first kappa shape index (κ1) is 20.9. The third-order valence-corrected chi connectivity index (χ3v) is 5.36. The zero-order chi connectivity index (χ0) is 20.4. The van der Waals surface area contributed by atoms with Gasteiger partial charge in [0.15, 0.2) is 0 Å². The van der Waals surface area contributed by atoms with Crippen LogP contribution >= 0.6 is 0 Å². The number of sulfonamides is 1. The first-order chi connectivity index (χ1) is 12.4. The van der Waals surface area contributed by atoms with Gasteiger partial charge in [-0.05, 0) is 63.6 Å². The monoisotopic (exact) mass is 394 g/mol. The second-order valence-corrected chi connectivity index (χ2v) is 8.79. The Balaban J connectivity index is 2.38. The number of benzene rings is 2. The minimum Gasteiger partial charge on any atom is -0.495 e. The molecule has 2 N–H and O–H groups in total. The Labute approximate surface area is 158 Å². The number of hydrogen-bond acceptors (Lipinski definition) is 4. The lowest BCUT2D eigenvalue weighted by atomic mass is 10.1. The second-order valence-electron chi connectivity index (χ2n) is 7.14. The van der Waals surface area contributed by atoms with Crippen molar-refractivity contribution in [2.75, 3.05) is 12.4 Å². The van der Waals surface area contributed by atoms with Crippen LogP contribution in [0.15, 0.2) is 41.3 Å². The molecule has 2 rings (SSSR count). The number of nitrogens with one attached hydrogen (secondary N) is 2. The summed E-state index contributed by atoms with van der Waals surface area (Å²) in [6.07, 6.45) is 0. The Morgan fingerprint density at radius 2 is 1.78 bits per heavy atom. The van der Waals surface area contributed by atoms with Crippen molar-refractivity contribution in [1.29, 1.82) is 0 Å². The highest BCUT2D eigenvalue weighted by atomic mass is 32.2. The molecule has 0 fully saturated rings. The molecule has 0 aliphatic rings. The van der Waals surface area contributed by atoms with E-state index in [1.165, 1.54) is 31.4 Å². The second kappa shape index (κ2) is 7.66. The van der Waals surface area contributed by atoms with Crippen LogP contribution < -0.4 is 14.8 Å². The fourth-order valence-electron chi connectivity index (χ4n) is 2.36. The molecule has 2 aromatic rings. The molecule has 0 saturated carbocycles. The van der Waals surface area contributed by atoms with Crippen molar-refractivity contribution >= 4 is 21.6 Å². The third kappa shape index (κ3) is 5.27. The van der Waals surface area contributed by atoms with Gasteiger partial charge in [0, 0.05) is 16.8 Å². The third-order valence-electron chi connectivity index (χ3n) is 3.59. The zero-order valence-corrected chi connectivity index (χ0v) is 16.7. The molecule has 0 unspecified atom stereocenters. The molecule has 0 spiro atoms. The van der Waals surface area contributed by atoms with Gasteiger partial charge in [-0.15, -0.1) is 0 Å². The minimum atomic E-state index is -3.92. The molecule has 0 saturated heterocycles. The molecule has 2 aromatic carbocycles. The lowest BCUT2D eigenvalue weighted by molar-refractivity contribution is 0.102. The zero-order valence-electron chi connectivity index (χ0n) is 15.9. The number of halogens is 1. The van der Waals surface area contributed by atoms with Crippen molar-refractivity contribution in [2.24, 2.45) is 0 Å². The summed E-state index contributed by atoms with van der Waals surface area (Å²) in [4.78, 5) is 12.3. The molecule has 0 radical (unpaired) electrons. The molecule has 8 heteroatoms. The highest BCUT2D eigenvalue weighted by Gasteiger charge is 2.26. The fourth-order valence-corrected chi connectivity index (χ4v) is 3.97. The highest BCUT2D eigenvalue weighted by Crippen LogP contribution is 2.26. The van der Waals surface area contributed by atoms with Gasteiger partial charge in [-0.25, -0.2) is 17.5 Å². The first-order valence-electron chi connectivity index (χ1n) is 8.22. The van der Waals surface area contributed by atoms with E-state index in [2.05, 4.69) is 10.0 Å². The van der Waals surface area contributed by atoms with E-state index in [4.69, 9.17) is 4.74 Å². The molecular formula is C19H23FN2O4S. The van der Waals surface area contributed by atoms with Crippen LogP contribution in [-0.2, 0) is 10.0 Å². The number of carbonyl (C=O) groups is 1.